The van der Waals surface area contributed by atoms with Crippen LogP contribution in [0.4, 0.5) is 4.39 Å². The smallest absolute Gasteiger partial charge is 0.123 e. The highest BCUT2D eigenvalue weighted by atomic mass is 19.1. The molecule has 0 amide bonds. The summed E-state index contributed by atoms with van der Waals surface area (Å²) in [4.78, 5) is 0. The number of fused-ring (bicyclic) bond motifs is 1. The number of nitrogens with two attached hydrogens (primary N) is 1. The van der Waals surface area contributed by atoms with Crippen LogP contribution in [0.2, 0.25) is 0 Å². The van der Waals surface area contributed by atoms with Gasteiger partial charge in [0.1, 0.15) is 5.82 Å². The standard InChI is InChI=1S/C15H22FN/c1-14(2)7-6-11-10-12(16)4-5-13(11)15(14,3)8-9-17/h4-5,10H,6-9,17H2,1-3H3. The molecule has 0 saturated heterocycles. The molecule has 0 aliphatic heterocycles. The van der Waals surface area contributed by atoms with E-state index in [0.29, 0.717) is 6.54 Å². The van der Waals surface area contributed by atoms with E-state index in [4.69, 9.17) is 5.73 Å². The molecule has 94 valence electrons. The van der Waals surface area contributed by atoms with E-state index in [-0.39, 0.29) is 16.6 Å². The van der Waals surface area contributed by atoms with E-state index in [2.05, 4.69) is 20.8 Å². The van der Waals surface area contributed by atoms with Crippen LogP contribution in [0, 0.1) is 11.2 Å². The second-order valence-electron chi connectivity index (χ2n) is 6.06. The Morgan fingerprint density at radius 1 is 1.29 bits per heavy atom. The molecule has 1 aliphatic rings. The van der Waals surface area contributed by atoms with Gasteiger partial charge in [0.05, 0.1) is 0 Å². The molecule has 17 heavy (non-hydrogen) atoms. The molecule has 0 aromatic heterocycles. The molecule has 0 spiro atoms. The maximum Gasteiger partial charge on any atom is 0.123 e. The topological polar surface area (TPSA) is 26.0 Å². The number of rotatable bonds is 2. The predicted octanol–water partition coefficient (Wildman–Crippen LogP) is 3.40. The highest BCUT2D eigenvalue weighted by Gasteiger charge is 2.45. The molecule has 1 nitrogen and oxygen atoms in total. The lowest BCUT2D eigenvalue weighted by Gasteiger charge is -2.49. The normalized spacial score (nSPS) is 26.6. The minimum Gasteiger partial charge on any atom is -0.330 e. The first-order chi connectivity index (χ1) is 7.90. The Bertz CT molecular complexity index is 425. The molecule has 0 radical (unpaired) electrons. The summed E-state index contributed by atoms with van der Waals surface area (Å²) < 4.78 is 13.3. The van der Waals surface area contributed by atoms with Crippen molar-refractivity contribution in [2.45, 2.75) is 45.4 Å². The van der Waals surface area contributed by atoms with Crippen molar-refractivity contribution in [2.75, 3.05) is 6.54 Å². The molecule has 1 aromatic carbocycles. The Balaban J connectivity index is 2.55. The number of hydrogen-bond donors (Lipinski definition) is 1. The molecule has 2 rings (SSSR count). The van der Waals surface area contributed by atoms with Crippen LogP contribution in [0.25, 0.3) is 0 Å². The molecular formula is C15H22FN. The summed E-state index contributed by atoms with van der Waals surface area (Å²) in [5.74, 6) is -0.126. The molecular weight excluding hydrogens is 213 g/mol. The first-order valence-corrected chi connectivity index (χ1v) is 6.40. The lowest BCUT2D eigenvalue weighted by atomic mass is 9.55. The average Bonchev–Trinajstić information content (AvgIpc) is 2.25. The van der Waals surface area contributed by atoms with Crippen LogP contribution < -0.4 is 5.73 Å². The summed E-state index contributed by atoms with van der Waals surface area (Å²) in [5.41, 5.74) is 8.52. The highest BCUT2D eigenvalue weighted by molar-refractivity contribution is 5.39. The third kappa shape index (κ3) is 1.89. The second-order valence-corrected chi connectivity index (χ2v) is 6.06. The molecule has 1 atom stereocenters. The number of aryl methyl sites for hydroxylation is 1. The van der Waals surface area contributed by atoms with E-state index in [1.54, 1.807) is 12.1 Å². The monoisotopic (exact) mass is 235 g/mol. The zero-order valence-electron chi connectivity index (χ0n) is 11.0. The fourth-order valence-electron chi connectivity index (χ4n) is 3.16. The molecule has 1 aromatic rings. The van der Waals surface area contributed by atoms with E-state index >= 15 is 0 Å². The zero-order chi connectivity index (χ0) is 12.7. The van der Waals surface area contributed by atoms with E-state index < -0.39 is 0 Å². The van der Waals surface area contributed by atoms with Crippen LogP contribution in [0.1, 0.15) is 44.7 Å². The van der Waals surface area contributed by atoms with Crippen LogP contribution in [0.5, 0.6) is 0 Å². The van der Waals surface area contributed by atoms with Crippen molar-refractivity contribution in [1.82, 2.24) is 0 Å². The molecule has 0 saturated carbocycles. The van der Waals surface area contributed by atoms with Crippen molar-refractivity contribution in [1.29, 1.82) is 0 Å². The molecule has 0 fully saturated rings. The molecule has 0 bridgehead atoms. The van der Waals surface area contributed by atoms with Crippen molar-refractivity contribution in [3.05, 3.63) is 35.1 Å². The van der Waals surface area contributed by atoms with Gasteiger partial charge in [0, 0.05) is 0 Å². The van der Waals surface area contributed by atoms with Crippen molar-refractivity contribution in [3.63, 3.8) is 0 Å². The van der Waals surface area contributed by atoms with Gasteiger partial charge in [-0.25, -0.2) is 4.39 Å². The van der Waals surface area contributed by atoms with Crippen LogP contribution in [-0.2, 0) is 11.8 Å². The third-order valence-electron chi connectivity index (χ3n) is 4.82. The number of benzene rings is 1. The van der Waals surface area contributed by atoms with Gasteiger partial charge in [0.25, 0.3) is 0 Å². The fraction of sp³-hybridized carbons (Fsp3) is 0.600. The maximum absolute atomic E-state index is 13.3. The largest absolute Gasteiger partial charge is 0.330 e. The van der Waals surface area contributed by atoms with Gasteiger partial charge >= 0.3 is 0 Å². The Morgan fingerprint density at radius 2 is 2.00 bits per heavy atom. The Hall–Kier alpha value is -0.890. The van der Waals surface area contributed by atoms with E-state index in [9.17, 15) is 4.39 Å². The molecule has 1 unspecified atom stereocenters. The first-order valence-electron chi connectivity index (χ1n) is 6.40. The number of hydrogen-bond acceptors (Lipinski definition) is 1. The van der Waals surface area contributed by atoms with Gasteiger partial charge in [-0.1, -0.05) is 26.8 Å². The van der Waals surface area contributed by atoms with Gasteiger partial charge in [0.2, 0.25) is 0 Å². The van der Waals surface area contributed by atoms with Gasteiger partial charge in [-0.2, -0.15) is 0 Å². The Labute approximate surface area is 103 Å². The van der Waals surface area contributed by atoms with Crippen molar-refractivity contribution in [3.8, 4) is 0 Å². The van der Waals surface area contributed by atoms with Crippen LogP contribution >= 0.6 is 0 Å². The Morgan fingerprint density at radius 3 is 2.65 bits per heavy atom. The van der Waals surface area contributed by atoms with Crippen LogP contribution in [0.3, 0.4) is 0 Å². The van der Waals surface area contributed by atoms with Gasteiger partial charge in [-0.3, -0.25) is 0 Å². The van der Waals surface area contributed by atoms with Gasteiger partial charge < -0.3 is 5.73 Å². The third-order valence-corrected chi connectivity index (χ3v) is 4.82. The highest BCUT2D eigenvalue weighted by Crippen LogP contribution is 2.51. The van der Waals surface area contributed by atoms with Crippen LogP contribution in [0.15, 0.2) is 18.2 Å². The summed E-state index contributed by atoms with van der Waals surface area (Å²) in [7, 11) is 0. The summed E-state index contributed by atoms with van der Waals surface area (Å²) in [6.07, 6.45) is 3.03. The lowest BCUT2D eigenvalue weighted by molar-refractivity contribution is 0.138. The maximum atomic E-state index is 13.3. The first kappa shape index (κ1) is 12.6. The minimum atomic E-state index is -0.126. The summed E-state index contributed by atoms with van der Waals surface area (Å²) >= 11 is 0. The van der Waals surface area contributed by atoms with Crippen LogP contribution in [-0.4, -0.2) is 6.54 Å². The van der Waals surface area contributed by atoms with Gasteiger partial charge in [-0.15, -0.1) is 0 Å². The molecule has 2 N–H and O–H groups in total. The fourth-order valence-corrected chi connectivity index (χ4v) is 3.16. The van der Waals surface area contributed by atoms with Crippen molar-refractivity contribution < 1.29 is 4.39 Å². The van der Waals surface area contributed by atoms with E-state index in [0.717, 1.165) is 19.3 Å². The molecule has 1 aliphatic carbocycles. The predicted molar refractivity (Wildman–Crippen MR) is 69.5 cm³/mol. The summed E-state index contributed by atoms with van der Waals surface area (Å²) in [6, 6.07) is 5.23. The summed E-state index contributed by atoms with van der Waals surface area (Å²) in [5, 5.41) is 0. The van der Waals surface area contributed by atoms with Crippen molar-refractivity contribution >= 4 is 0 Å². The number of halogens is 1. The molecule has 2 heteroatoms. The quantitative estimate of drug-likeness (QED) is 0.835. The SMILES string of the molecule is CC1(C)CCc2cc(F)ccc2C1(C)CCN. The summed E-state index contributed by atoms with van der Waals surface area (Å²) in [6.45, 7) is 7.55. The lowest BCUT2D eigenvalue weighted by Crippen LogP contribution is -2.44. The van der Waals surface area contributed by atoms with E-state index in [1.807, 2.05) is 6.07 Å². The molecule has 0 heterocycles. The minimum absolute atomic E-state index is 0.0586. The Kier molecular flexibility index (Phi) is 3.03. The van der Waals surface area contributed by atoms with Gasteiger partial charge in [-0.05, 0) is 59.9 Å². The average molecular weight is 235 g/mol. The van der Waals surface area contributed by atoms with Crippen molar-refractivity contribution in [2.24, 2.45) is 11.1 Å². The zero-order valence-corrected chi connectivity index (χ0v) is 11.0. The van der Waals surface area contributed by atoms with E-state index in [1.165, 1.54) is 11.1 Å². The second kappa shape index (κ2) is 4.09. The van der Waals surface area contributed by atoms with Gasteiger partial charge in [0.15, 0.2) is 0 Å².